The van der Waals surface area contributed by atoms with Crippen molar-refractivity contribution in [1.29, 1.82) is 0 Å². The van der Waals surface area contributed by atoms with Crippen LogP contribution in [0.25, 0.3) is 0 Å². The van der Waals surface area contributed by atoms with Crippen molar-refractivity contribution in [2.24, 2.45) is 0 Å². The van der Waals surface area contributed by atoms with Crippen LogP contribution in [-0.4, -0.2) is 41.3 Å². The van der Waals surface area contributed by atoms with Gasteiger partial charge in [0.2, 0.25) is 5.91 Å². The first kappa shape index (κ1) is 20.4. The number of para-hydroxylation sites is 2. The summed E-state index contributed by atoms with van der Waals surface area (Å²) >= 11 is 0.911. The Balaban J connectivity index is 2.00. The molecule has 0 spiro atoms. The van der Waals surface area contributed by atoms with Gasteiger partial charge in [-0.1, -0.05) is 23.9 Å². The SMILES string of the molecule is COC(=O)Cc1cc(=O)[nH]c(SCC(=O)Nc2ccccc2OC(F)F)n1. The van der Waals surface area contributed by atoms with Crippen molar-refractivity contribution >= 4 is 29.3 Å². The Labute approximate surface area is 156 Å². The highest BCUT2D eigenvalue weighted by molar-refractivity contribution is 7.99. The zero-order valence-electron chi connectivity index (χ0n) is 14.0. The van der Waals surface area contributed by atoms with Crippen LogP contribution in [0.4, 0.5) is 14.5 Å². The van der Waals surface area contributed by atoms with E-state index >= 15 is 0 Å². The Morgan fingerprint density at radius 3 is 2.78 bits per heavy atom. The van der Waals surface area contributed by atoms with Crippen molar-refractivity contribution in [3.8, 4) is 5.75 Å². The van der Waals surface area contributed by atoms with E-state index in [0.29, 0.717) is 0 Å². The molecule has 0 unspecified atom stereocenters. The van der Waals surface area contributed by atoms with E-state index in [-0.39, 0.29) is 34.5 Å². The highest BCUT2D eigenvalue weighted by atomic mass is 32.2. The Kier molecular flexibility index (Phi) is 7.29. The Morgan fingerprint density at radius 1 is 1.33 bits per heavy atom. The number of alkyl halides is 2. The maximum absolute atomic E-state index is 12.4. The number of carbonyl (C=O) groups excluding carboxylic acids is 2. The van der Waals surface area contributed by atoms with Crippen molar-refractivity contribution in [3.63, 3.8) is 0 Å². The number of ether oxygens (including phenoxy) is 2. The number of amides is 1. The molecule has 0 saturated heterocycles. The molecule has 1 aromatic heterocycles. The van der Waals surface area contributed by atoms with E-state index in [2.05, 4.69) is 24.8 Å². The number of hydrogen-bond acceptors (Lipinski definition) is 7. The van der Waals surface area contributed by atoms with Gasteiger partial charge in [-0.2, -0.15) is 8.78 Å². The molecule has 2 rings (SSSR count). The predicted octanol–water partition coefficient (Wildman–Crippen LogP) is 1.82. The number of carbonyl (C=O) groups is 2. The fourth-order valence-corrected chi connectivity index (χ4v) is 2.65. The van der Waals surface area contributed by atoms with Crippen LogP contribution in [-0.2, 0) is 20.7 Å². The summed E-state index contributed by atoms with van der Waals surface area (Å²) in [5.74, 6) is -1.41. The van der Waals surface area contributed by atoms with E-state index in [9.17, 15) is 23.2 Å². The Morgan fingerprint density at radius 2 is 2.07 bits per heavy atom. The molecule has 2 aromatic rings. The number of hydrogen-bond donors (Lipinski definition) is 2. The number of H-pyrrole nitrogens is 1. The van der Waals surface area contributed by atoms with Gasteiger partial charge in [0.05, 0.1) is 30.7 Å². The summed E-state index contributed by atoms with van der Waals surface area (Å²) in [6.45, 7) is -3.02. The highest BCUT2D eigenvalue weighted by Crippen LogP contribution is 2.25. The molecule has 0 atom stereocenters. The van der Waals surface area contributed by atoms with E-state index in [4.69, 9.17) is 0 Å². The van der Waals surface area contributed by atoms with E-state index in [1.54, 1.807) is 6.07 Å². The molecule has 0 aliphatic heterocycles. The second kappa shape index (κ2) is 9.67. The fraction of sp³-hybridized carbons (Fsp3) is 0.250. The van der Waals surface area contributed by atoms with Crippen LogP contribution >= 0.6 is 11.8 Å². The second-order valence-electron chi connectivity index (χ2n) is 5.01. The monoisotopic (exact) mass is 399 g/mol. The number of halogens is 2. The van der Waals surface area contributed by atoms with Crippen LogP contribution in [0, 0.1) is 0 Å². The number of rotatable bonds is 8. The van der Waals surface area contributed by atoms with Crippen molar-refractivity contribution in [3.05, 3.63) is 46.4 Å². The lowest BCUT2D eigenvalue weighted by atomic mass is 10.3. The predicted molar refractivity (Wildman–Crippen MR) is 93.0 cm³/mol. The average molecular weight is 399 g/mol. The van der Waals surface area contributed by atoms with Gasteiger partial charge < -0.3 is 19.8 Å². The number of esters is 1. The van der Waals surface area contributed by atoms with Gasteiger partial charge in [0.15, 0.2) is 5.16 Å². The molecule has 1 heterocycles. The number of aromatic nitrogens is 2. The van der Waals surface area contributed by atoms with Gasteiger partial charge in [-0.05, 0) is 12.1 Å². The van der Waals surface area contributed by atoms with Crippen LogP contribution < -0.4 is 15.6 Å². The number of nitrogens with one attached hydrogen (secondary N) is 2. The summed E-state index contributed by atoms with van der Waals surface area (Å²) in [7, 11) is 1.21. The first-order valence-corrected chi connectivity index (χ1v) is 8.49. The van der Waals surface area contributed by atoms with Crippen molar-refractivity contribution in [2.75, 3.05) is 18.2 Å². The van der Waals surface area contributed by atoms with Gasteiger partial charge in [0.1, 0.15) is 5.75 Å². The maximum atomic E-state index is 12.4. The average Bonchev–Trinajstić information content (AvgIpc) is 2.60. The van der Waals surface area contributed by atoms with Gasteiger partial charge >= 0.3 is 12.6 Å². The fourth-order valence-electron chi connectivity index (χ4n) is 1.95. The second-order valence-corrected chi connectivity index (χ2v) is 5.97. The van der Waals surface area contributed by atoms with Gasteiger partial charge in [0.25, 0.3) is 5.56 Å². The molecule has 0 bridgehead atoms. The van der Waals surface area contributed by atoms with Crippen LogP contribution in [0.5, 0.6) is 5.75 Å². The third-order valence-electron chi connectivity index (χ3n) is 3.04. The largest absolute Gasteiger partial charge is 0.469 e. The zero-order valence-corrected chi connectivity index (χ0v) is 14.8. The molecule has 27 heavy (non-hydrogen) atoms. The lowest BCUT2D eigenvalue weighted by Gasteiger charge is -2.11. The molecule has 1 amide bonds. The Hall–Kier alpha value is -2.95. The molecule has 0 fully saturated rings. The van der Waals surface area contributed by atoms with Crippen LogP contribution in [0.1, 0.15) is 5.69 Å². The quantitative estimate of drug-likeness (QED) is 0.396. The minimum Gasteiger partial charge on any atom is -0.469 e. The summed E-state index contributed by atoms with van der Waals surface area (Å²) in [5, 5.41) is 2.58. The molecule has 1 aromatic carbocycles. The van der Waals surface area contributed by atoms with Gasteiger partial charge in [-0.15, -0.1) is 0 Å². The standard InChI is InChI=1S/C16H15F2N3O5S/c1-25-14(24)7-9-6-12(22)21-16(19-9)27-8-13(23)20-10-4-2-3-5-11(10)26-15(17)18/h2-6,15H,7-8H2,1H3,(H,20,23)(H,19,21,22). The highest BCUT2D eigenvalue weighted by Gasteiger charge is 2.13. The van der Waals surface area contributed by atoms with Crippen LogP contribution in [0.2, 0.25) is 0 Å². The van der Waals surface area contributed by atoms with Crippen molar-refractivity contribution < 1.29 is 27.8 Å². The molecule has 0 aliphatic carbocycles. The summed E-state index contributed by atoms with van der Waals surface area (Å²) in [6, 6.07) is 6.90. The zero-order chi connectivity index (χ0) is 19.8. The number of benzene rings is 1. The number of anilines is 1. The molecular formula is C16H15F2N3O5S. The van der Waals surface area contributed by atoms with E-state index in [1.807, 2.05) is 0 Å². The smallest absolute Gasteiger partial charge is 0.387 e. The lowest BCUT2D eigenvalue weighted by molar-refractivity contribution is -0.139. The number of thioether (sulfide) groups is 1. The molecule has 0 aliphatic rings. The first-order valence-electron chi connectivity index (χ1n) is 7.51. The van der Waals surface area contributed by atoms with Gasteiger partial charge in [-0.3, -0.25) is 14.4 Å². The molecule has 8 nitrogen and oxygen atoms in total. The minimum atomic E-state index is -3.02. The molecule has 2 N–H and O–H groups in total. The normalized spacial score (nSPS) is 10.5. The molecule has 0 saturated carbocycles. The van der Waals surface area contributed by atoms with Crippen LogP contribution in [0.15, 0.2) is 40.3 Å². The summed E-state index contributed by atoms with van der Waals surface area (Å²) < 4.78 is 33.6. The Bertz CT molecular complexity index is 875. The maximum Gasteiger partial charge on any atom is 0.387 e. The topological polar surface area (TPSA) is 110 Å². The summed E-state index contributed by atoms with van der Waals surface area (Å²) in [4.78, 5) is 41.4. The third kappa shape index (κ3) is 6.70. The number of methoxy groups -OCH3 is 1. The van der Waals surface area contributed by atoms with E-state index in [0.717, 1.165) is 17.8 Å². The van der Waals surface area contributed by atoms with Crippen molar-refractivity contribution in [2.45, 2.75) is 18.2 Å². The van der Waals surface area contributed by atoms with E-state index in [1.165, 1.54) is 25.3 Å². The van der Waals surface area contributed by atoms with E-state index < -0.39 is 24.0 Å². The first-order chi connectivity index (χ1) is 12.9. The van der Waals surface area contributed by atoms with Crippen molar-refractivity contribution in [1.82, 2.24) is 9.97 Å². The minimum absolute atomic E-state index is 0.0873. The summed E-state index contributed by atoms with van der Waals surface area (Å²) in [5.41, 5.74) is -0.198. The summed E-state index contributed by atoms with van der Waals surface area (Å²) in [6.07, 6.45) is -0.182. The third-order valence-corrected chi connectivity index (χ3v) is 3.92. The lowest BCUT2D eigenvalue weighted by Crippen LogP contribution is -2.17. The number of nitrogens with zero attached hydrogens (tertiary/aromatic N) is 1. The molecule has 11 heteroatoms. The number of aromatic amines is 1. The van der Waals surface area contributed by atoms with Crippen LogP contribution in [0.3, 0.4) is 0 Å². The molecular weight excluding hydrogens is 384 g/mol. The molecule has 144 valence electrons. The van der Waals surface area contributed by atoms with Gasteiger partial charge in [-0.25, -0.2) is 4.98 Å². The molecule has 0 radical (unpaired) electrons. The van der Waals surface area contributed by atoms with Gasteiger partial charge in [0, 0.05) is 6.07 Å².